The molecule has 0 aliphatic heterocycles. The minimum absolute atomic E-state index is 0.672. The zero-order chi connectivity index (χ0) is 8.85. The van der Waals surface area contributed by atoms with Crippen molar-refractivity contribution in [1.82, 2.24) is 4.90 Å². The lowest BCUT2D eigenvalue weighted by molar-refractivity contribution is 0.228. The average molecular weight is 155 g/mol. The minimum atomic E-state index is 0.672. The molecule has 0 saturated heterocycles. The van der Waals surface area contributed by atoms with Gasteiger partial charge in [0.2, 0.25) is 0 Å². The van der Waals surface area contributed by atoms with Crippen molar-refractivity contribution in [3.05, 3.63) is 12.2 Å². The molecule has 0 rings (SSSR count). The third-order valence-corrected chi connectivity index (χ3v) is 2.29. The van der Waals surface area contributed by atoms with E-state index in [9.17, 15) is 0 Å². The molecule has 0 aliphatic carbocycles. The maximum absolute atomic E-state index is 2.37. The quantitative estimate of drug-likeness (QED) is 0.564. The predicted molar refractivity (Wildman–Crippen MR) is 51.7 cm³/mol. The fourth-order valence-electron chi connectivity index (χ4n) is 0.947. The van der Waals surface area contributed by atoms with Crippen molar-refractivity contribution in [3.8, 4) is 0 Å². The molecule has 0 radical (unpaired) electrons. The van der Waals surface area contributed by atoms with Gasteiger partial charge in [0, 0.05) is 12.6 Å². The first-order valence-electron chi connectivity index (χ1n) is 4.41. The van der Waals surface area contributed by atoms with Crippen LogP contribution in [0.2, 0.25) is 0 Å². The van der Waals surface area contributed by atoms with Crippen LogP contribution >= 0.6 is 0 Å². The summed E-state index contributed by atoms with van der Waals surface area (Å²) in [5.74, 6) is 0.741. The molecule has 0 amide bonds. The van der Waals surface area contributed by atoms with Crippen LogP contribution in [0.25, 0.3) is 0 Å². The first-order chi connectivity index (χ1) is 5.09. The maximum Gasteiger partial charge on any atom is 0.0162 e. The summed E-state index contributed by atoms with van der Waals surface area (Å²) >= 11 is 0. The second-order valence-corrected chi connectivity index (χ2v) is 3.49. The summed E-state index contributed by atoms with van der Waals surface area (Å²) in [6.45, 7) is 9.92. The molecular formula is C10H21N. The van der Waals surface area contributed by atoms with E-state index >= 15 is 0 Å². The van der Waals surface area contributed by atoms with Crippen LogP contribution in [0.5, 0.6) is 0 Å². The topological polar surface area (TPSA) is 3.24 Å². The molecule has 1 heteroatoms. The minimum Gasteiger partial charge on any atom is -0.300 e. The summed E-state index contributed by atoms with van der Waals surface area (Å²) in [7, 11) is 2.17. The Labute approximate surface area is 71.1 Å². The molecule has 1 unspecified atom stereocenters. The normalized spacial score (nSPS) is 15.2. The predicted octanol–water partition coefficient (Wildman–Crippen LogP) is 2.54. The lowest BCUT2D eigenvalue weighted by Gasteiger charge is -2.26. The third kappa shape index (κ3) is 4.20. The van der Waals surface area contributed by atoms with Gasteiger partial charge in [0.15, 0.2) is 0 Å². The van der Waals surface area contributed by atoms with Crippen LogP contribution in [0.1, 0.15) is 27.7 Å². The summed E-state index contributed by atoms with van der Waals surface area (Å²) in [6, 6.07) is 0.672. The van der Waals surface area contributed by atoms with E-state index < -0.39 is 0 Å². The van der Waals surface area contributed by atoms with Gasteiger partial charge in [0.1, 0.15) is 0 Å². The second-order valence-electron chi connectivity index (χ2n) is 3.49. The summed E-state index contributed by atoms with van der Waals surface area (Å²) in [6.07, 6.45) is 4.29. The first-order valence-corrected chi connectivity index (χ1v) is 4.41. The summed E-state index contributed by atoms with van der Waals surface area (Å²) in [4.78, 5) is 2.37. The molecule has 0 saturated carbocycles. The van der Waals surface area contributed by atoms with E-state index in [1.54, 1.807) is 0 Å². The van der Waals surface area contributed by atoms with Crippen molar-refractivity contribution in [1.29, 1.82) is 0 Å². The lowest BCUT2D eigenvalue weighted by atomic mass is 10.1. The number of likely N-dealkylation sites (N-methyl/N-ethyl adjacent to an activating group) is 1. The van der Waals surface area contributed by atoms with E-state index in [1.807, 2.05) is 0 Å². The van der Waals surface area contributed by atoms with E-state index in [2.05, 4.69) is 51.8 Å². The Hall–Kier alpha value is -0.300. The van der Waals surface area contributed by atoms with Crippen molar-refractivity contribution >= 4 is 0 Å². The van der Waals surface area contributed by atoms with Gasteiger partial charge in [-0.05, 0) is 26.8 Å². The van der Waals surface area contributed by atoms with E-state index in [4.69, 9.17) is 0 Å². The zero-order valence-electron chi connectivity index (χ0n) is 8.46. The SMILES string of the molecule is C/C=C/CN(C)C(C)C(C)C. The molecular weight excluding hydrogens is 134 g/mol. The highest BCUT2D eigenvalue weighted by atomic mass is 15.1. The van der Waals surface area contributed by atoms with Crippen LogP contribution in [0.4, 0.5) is 0 Å². The van der Waals surface area contributed by atoms with E-state index in [0.717, 1.165) is 12.5 Å². The van der Waals surface area contributed by atoms with Crippen molar-refractivity contribution in [3.63, 3.8) is 0 Å². The molecule has 66 valence electrons. The van der Waals surface area contributed by atoms with Gasteiger partial charge in [-0.2, -0.15) is 0 Å². The van der Waals surface area contributed by atoms with Crippen molar-refractivity contribution in [2.75, 3.05) is 13.6 Å². The molecule has 0 aliphatic rings. The fraction of sp³-hybridized carbons (Fsp3) is 0.800. The van der Waals surface area contributed by atoms with Gasteiger partial charge in [-0.25, -0.2) is 0 Å². The van der Waals surface area contributed by atoms with Crippen LogP contribution in [0.15, 0.2) is 12.2 Å². The van der Waals surface area contributed by atoms with Gasteiger partial charge in [-0.3, -0.25) is 4.90 Å². The Balaban J connectivity index is 3.72. The van der Waals surface area contributed by atoms with Crippen LogP contribution in [-0.2, 0) is 0 Å². The van der Waals surface area contributed by atoms with Crippen LogP contribution in [0, 0.1) is 5.92 Å². The van der Waals surface area contributed by atoms with Gasteiger partial charge >= 0.3 is 0 Å². The van der Waals surface area contributed by atoms with Gasteiger partial charge in [-0.1, -0.05) is 26.0 Å². The molecule has 0 bridgehead atoms. The van der Waals surface area contributed by atoms with Crippen molar-refractivity contribution in [2.45, 2.75) is 33.7 Å². The zero-order valence-corrected chi connectivity index (χ0v) is 8.46. The molecule has 1 atom stereocenters. The van der Waals surface area contributed by atoms with Gasteiger partial charge in [0.25, 0.3) is 0 Å². The summed E-state index contributed by atoms with van der Waals surface area (Å²) < 4.78 is 0. The fourth-order valence-corrected chi connectivity index (χ4v) is 0.947. The Morgan fingerprint density at radius 2 is 1.82 bits per heavy atom. The van der Waals surface area contributed by atoms with Crippen molar-refractivity contribution < 1.29 is 0 Å². The summed E-state index contributed by atoms with van der Waals surface area (Å²) in [5.41, 5.74) is 0. The highest BCUT2D eigenvalue weighted by Crippen LogP contribution is 2.07. The monoisotopic (exact) mass is 155 g/mol. The molecule has 0 aromatic rings. The van der Waals surface area contributed by atoms with Crippen LogP contribution in [-0.4, -0.2) is 24.5 Å². The van der Waals surface area contributed by atoms with Crippen LogP contribution < -0.4 is 0 Å². The molecule has 1 nitrogen and oxygen atoms in total. The first kappa shape index (κ1) is 10.7. The van der Waals surface area contributed by atoms with Gasteiger partial charge in [-0.15, -0.1) is 0 Å². The van der Waals surface area contributed by atoms with Gasteiger partial charge < -0.3 is 0 Å². The van der Waals surface area contributed by atoms with E-state index in [0.29, 0.717) is 6.04 Å². The highest BCUT2D eigenvalue weighted by molar-refractivity contribution is 4.82. The number of hydrogen-bond donors (Lipinski definition) is 0. The smallest absolute Gasteiger partial charge is 0.0162 e. The Morgan fingerprint density at radius 3 is 2.18 bits per heavy atom. The molecule has 0 aromatic heterocycles. The summed E-state index contributed by atoms with van der Waals surface area (Å²) in [5, 5.41) is 0. The van der Waals surface area contributed by atoms with Crippen LogP contribution in [0.3, 0.4) is 0 Å². The molecule has 0 aromatic carbocycles. The van der Waals surface area contributed by atoms with E-state index in [1.165, 1.54) is 0 Å². The van der Waals surface area contributed by atoms with E-state index in [-0.39, 0.29) is 0 Å². The third-order valence-electron chi connectivity index (χ3n) is 2.29. The standard InChI is InChI=1S/C10H21N/c1-6-7-8-11(5)10(4)9(2)3/h6-7,9-10H,8H2,1-5H3/b7-6+. The Kier molecular flexibility index (Phi) is 5.22. The number of rotatable bonds is 4. The molecule has 0 spiro atoms. The molecule has 0 fully saturated rings. The van der Waals surface area contributed by atoms with Crippen molar-refractivity contribution in [2.24, 2.45) is 5.92 Å². The largest absolute Gasteiger partial charge is 0.300 e. The molecule has 11 heavy (non-hydrogen) atoms. The maximum atomic E-state index is 2.37. The molecule has 0 N–H and O–H groups in total. The molecule has 0 heterocycles. The second kappa shape index (κ2) is 5.36. The number of nitrogens with zero attached hydrogens (tertiary/aromatic N) is 1. The Bertz CT molecular complexity index is 116. The Morgan fingerprint density at radius 1 is 1.27 bits per heavy atom. The number of allylic oxidation sites excluding steroid dienone is 1. The lowest BCUT2D eigenvalue weighted by Crippen LogP contribution is -2.33. The number of hydrogen-bond acceptors (Lipinski definition) is 1. The average Bonchev–Trinajstić information content (AvgIpc) is 1.98. The van der Waals surface area contributed by atoms with Gasteiger partial charge in [0.05, 0.1) is 0 Å². The highest BCUT2D eigenvalue weighted by Gasteiger charge is 2.10.